The van der Waals surface area contributed by atoms with E-state index in [-0.39, 0.29) is 11.4 Å². The molecule has 17 heavy (non-hydrogen) atoms. The van der Waals surface area contributed by atoms with Crippen LogP contribution in [-0.4, -0.2) is 27.9 Å². The first-order chi connectivity index (χ1) is 7.91. The van der Waals surface area contributed by atoms with Crippen molar-refractivity contribution in [3.05, 3.63) is 22.8 Å². The van der Waals surface area contributed by atoms with Crippen molar-refractivity contribution in [2.45, 2.75) is 33.0 Å². The molecule has 3 rings (SSSR count). The monoisotopic (exact) mass is 237 g/mol. The normalized spacial score (nSPS) is 25.0. The number of halogens is 1. The van der Waals surface area contributed by atoms with Gasteiger partial charge in [0.1, 0.15) is 0 Å². The van der Waals surface area contributed by atoms with Crippen LogP contribution in [0.15, 0.2) is 5.10 Å². The first kappa shape index (κ1) is 10.8. The van der Waals surface area contributed by atoms with Crippen LogP contribution in [-0.2, 0) is 13.0 Å². The molecule has 92 valence electrons. The molecule has 1 aromatic rings. The lowest BCUT2D eigenvalue weighted by Crippen LogP contribution is -2.25. The molecule has 0 fully saturated rings. The van der Waals surface area contributed by atoms with Crippen molar-refractivity contribution < 1.29 is 9.50 Å². The highest BCUT2D eigenvalue weighted by Gasteiger charge is 2.38. The number of hydrogen-bond acceptors (Lipinski definition) is 3. The Morgan fingerprint density at radius 1 is 1.53 bits per heavy atom. The number of hydrazone groups is 1. The van der Waals surface area contributed by atoms with Crippen molar-refractivity contribution in [1.29, 1.82) is 0 Å². The zero-order valence-corrected chi connectivity index (χ0v) is 10.2. The van der Waals surface area contributed by atoms with Crippen LogP contribution in [0.3, 0.4) is 0 Å². The van der Waals surface area contributed by atoms with Gasteiger partial charge in [0.15, 0.2) is 6.23 Å². The van der Waals surface area contributed by atoms with Gasteiger partial charge < -0.3 is 9.67 Å². The molecule has 3 heterocycles. The maximum Gasteiger partial charge on any atom is 0.202 e. The third-order valence-corrected chi connectivity index (χ3v) is 3.60. The van der Waals surface area contributed by atoms with Crippen molar-refractivity contribution in [3.63, 3.8) is 0 Å². The standard InChI is InChI=1S/C12H16FN3O/c1-12(2)4-8-7-5-14-15(3)11(17)9(7)10(13)16(8)6-12/h5,11,17H,4,6H2,1-3H3. The van der Waals surface area contributed by atoms with Gasteiger partial charge in [-0.1, -0.05) is 13.8 Å². The molecule has 0 spiro atoms. The average Bonchev–Trinajstić information content (AvgIpc) is 2.67. The number of hydrogen-bond donors (Lipinski definition) is 1. The van der Waals surface area contributed by atoms with E-state index in [4.69, 9.17) is 0 Å². The quantitative estimate of drug-likeness (QED) is 0.742. The van der Waals surface area contributed by atoms with Crippen LogP contribution < -0.4 is 0 Å². The minimum atomic E-state index is -0.976. The van der Waals surface area contributed by atoms with E-state index in [2.05, 4.69) is 18.9 Å². The zero-order valence-electron chi connectivity index (χ0n) is 10.2. The van der Waals surface area contributed by atoms with Crippen LogP contribution in [0.5, 0.6) is 0 Å². The predicted molar refractivity (Wildman–Crippen MR) is 62.2 cm³/mol. The maximum atomic E-state index is 14.3. The van der Waals surface area contributed by atoms with Gasteiger partial charge in [-0.25, -0.2) is 0 Å². The Balaban J connectivity index is 2.18. The van der Waals surface area contributed by atoms with Crippen molar-refractivity contribution in [2.24, 2.45) is 10.5 Å². The van der Waals surface area contributed by atoms with Gasteiger partial charge in [0, 0.05) is 24.8 Å². The van der Waals surface area contributed by atoms with Gasteiger partial charge in [-0.2, -0.15) is 9.49 Å². The largest absolute Gasteiger partial charge is 0.368 e. The first-order valence-electron chi connectivity index (χ1n) is 5.76. The molecule has 4 nitrogen and oxygen atoms in total. The molecule has 0 saturated carbocycles. The van der Waals surface area contributed by atoms with Crippen molar-refractivity contribution >= 4 is 6.21 Å². The number of aliphatic hydroxyl groups is 1. The Morgan fingerprint density at radius 3 is 2.94 bits per heavy atom. The molecule has 0 aliphatic carbocycles. The summed E-state index contributed by atoms with van der Waals surface area (Å²) in [5, 5.41) is 15.4. The van der Waals surface area contributed by atoms with E-state index in [0.29, 0.717) is 12.1 Å². The number of fused-ring (bicyclic) bond motifs is 3. The van der Waals surface area contributed by atoms with Crippen molar-refractivity contribution in [3.8, 4) is 0 Å². The van der Waals surface area contributed by atoms with E-state index in [0.717, 1.165) is 17.7 Å². The van der Waals surface area contributed by atoms with E-state index in [1.165, 1.54) is 5.01 Å². The third-order valence-electron chi connectivity index (χ3n) is 3.60. The predicted octanol–water partition coefficient (Wildman–Crippen LogP) is 1.48. The third kappa shape index (κ3) is 1.35. The molecule has 1 aromatic heterocycles. The number of rotatable bonds is 0. The zero-order chi connectivity index (χ0) is 12.4. The van der Waals surface area contributed by atoms with Gasteiger partial charge >= 0.3 is 0 Å². The summed E-state index contributed by atoms with van der Waals surface area (Å²) in [5.74, 6) is -0.314. The van der Waals surface area contributed by atoms with Gasteiger partial charge in [-0.3, -0.25) is 5.01 Å². The van der Waals surface area contributed by atoms with Gasteiger partial charge in [-0.15, -0.1) is 0 Å². The summed E-state index contributed by atoms with van der Waals surface area (Å²) in [6.45, 7) is 4.90. The number of aliphatic hydroxyl groups excluding tert-OH is 1. The lowest BCUT2D eigenvalue weighted by Gasteiger charge is -2.25. The van der Waals surface area contributed by atoms with Crippen LogP contribution in [0.2, 0.25) is 0 Å². The maximum absolute atomic E-state index is 14.3. The molecule has 0 radical (unpaired) electrons. The summed E-state index contributed by atoms with van der Waals surface area (Å²) < 4.78 is 16.0. The summed E-state index contributed by atoms with van der Waals surface area (Å²) in [6.07, 6.45) is 1.50. The van der Waals surface area contributed by atoms with Gasteiger partial charge in [-0.05, 0) is 11.8 Å². The Labute approximate surface area is 99.3 Å². The number of nitrogens with zero attached hydrogens (tertiary/aromatic N) is 3. The SMILES string of the molecule is CN1N=Cc2c(c(F)n3c2CC(C)(C)C3)C1O. The molecule has 1 atom stereocenters. The van der Waals surface area contributed by atoms with E-state index in [1.54, 1.807) is 17.8 Å². The molecule has 0 amide bonds. The van der Waals surface area contributed by atoms with Gasteiger partial charge in [0.25, 0.3) is 0 Å². The topological polar surface area (TPSA) is 40.8 Å². The fourth-order valence-electron chi connectivity index (χ4n) is 2.76. The van der Waals surface area contributed by atoms with Crippen molar-refractivity contribution in [2.75, 3.05) is 7.05 Å². The van der Waals surface area contributed by atoms with Gasteiger partial charge in [0.05, 0.1) is 11.8 Å². The van der Waals surface area contributed by atoms with E-state index in [1.807, 2.05) is 0 Å². The van der Waals surface area contributed by atoms with Crippen LogP contribution in [0.4, 0.5) is 4.39 Å². The second-order valence-corrected chi connectivity index (χ2v) is 5.68. The lowest BCUT2D eigenvalue weighted by atomic mass is 9.89. The van der Waals surface area contributed by atoms with E-state index >= 15 is 0 Å². The van der Waals surface area contributed by atoms with Crippen molar-refractivity contribution in [1.82, 2.24) is 9.58 Å². The molecular formula is C12H16FN3O. The Bertz CT molecular complexity index is 518. The second-order valence-electron chi connectivity index (χ2n) is 5.68. The highest BCUT2D eigenvalue weighted by Crippen LogP contribution is 2.40. The molecule has 0 saturated heterocycles. The molecule has 0 aromatic carbocycles. The highest BCUT2D eigenvalue weighted by molar-refractivity contribution is 5.85. The molecule has 2 aliphatic rings. The summed E-state index contributed by atoms with van der Waals surface area (Å²) in [5.41, 5.74) is 2.16. The molecule has 0 bridgehead atoms. The fourth-order valence-corrected chi connectivity index (χ4v) is 2.76. The summed E-state index contributed by atoms with van der Waals surface area (Å²) in [7, 11) is 1.64. The van der Waals surface area contributed by atoms with Crippen LogP contribution in [0.1, 0.15) is 36.9 Å². The second kappa shape index (κ2) is 3.10. The first-order valence-corrected chi connectivity index (χ1v) is 5.76. The molecule has 2 aliphatic heterocycles. The van der Waals surface area contributed by atoms with Gasteiger partial charge in [0.2, 0.25) is 5.95 Å². The van der Waals surface area contributed by atoms with E-state index < -0.39 is 6.23 Å². The molecule has 5 heteroatoms. The highest BCUT2D eigenvalue weighted by atomic mass is 19.1. The minimum absolute atomic E-state index is 0.0767. The van der Waals surface area contributed by atoms with Crippen LogP contribution in [0, 0.1) is 11.4 Å². The Hall–Kier alpha value is -1.36. The minimum Gasteiger partial charge on any atom is -0.368 e. The summed E-state index contributed by atoms with van der Waals surface area (Å²) >= 11 is 0. The van der Waals surface area contributed by atoms with Crippen LogP contribution in [0.25, 0.3) is 0 Å². The molecule has 1 N–H and O–H groups in total. The van der Waals surface area contributed by atoms with Crippen LogP contribution >= 0.6 is 0 Å². The smallest absolute Gasteiger partial charge is 0.202 e. The Kier molecular flexibility index (Phi) is 1.96. The average molecular weight is 237 g/mol. The molecule has 1 unspecified atom stereocenters. The molecular weight excluding hydrogens is 221 g/mol. The number of aromatic nitrogens is 1. The summed E-state index contributed by atoms with van der Waals surface area (Å²) in [4.78, 5) is 0. The lowest BCUT2D eigenvalue weighted by molar-refractivity contribution is 0.0170. The van der Waals surface area contributed by atoms with E-state index in [9.17, 15) is 9.50 Å². The summed E-state index contributed by atoms with van der Waals surface area (Å²) in [6, 6.07) is 0. The Morgan fingerprint density at radius 2 is 2.24 bits per heavy atom. The fraction of sp³-hybridized carbons (Fsp3) is 0.583.